The third-order valence-electron chi connectivity index (χ3n) is 25.0. The molecule has 3 heterocycles. The smallest absolute Gasteiger partial charge is 0.333 e. The summed E-state index contributed by atoms with van der Waals surface area (Å²) in [6.07, 6.45) is 7.00. The first-order valence-corrected chi connectivity index (χ1v) is 36.7. The highest BCUT2D eigenvalue weighted by Gasteiger charge is 2.52. The Labute approximate surface area is 573 Å². The molecule has 0 radical (unpaired) electrons. The minimum atomic E-state index is -0.347. The van der Waals surface area contributed by atoms with Crippen LogP contribution in [0, 0.1) is 6.92 Å². The van der Waals surface area contributed by atoms with Crippen LogP contribution in [0.1, 0.15) is 238 Å². The molecule has 2 aliphatic heterocycles. The molecule has 6 aliphatic rings. The van der Waals surface area contributed by atoms with Gasteiger partial charge in [-0.25, -0.2) is 0 Å². The molecule has 9 aromatic carbocycles. The normalized spacial score (nSPS) is 19.3. The number of aryl methyl sites for hydroxylation is 1. The third kappa shape index (κ3) is 9.28. The Morgan fingerprint density at radius 2 is 0.895 bits per heavy atom. The minimum absolute atomic E-state index is 0.00622. The van der Waals surface area contributed by atoms with Crippen LogP contribution in [0.25, 0.3) is 42.4 Å². The lowest BCUT2D eigenvalue weighted by molar-refractivity contribution is 0.332. The Hall–Kier alpha value is -7.34. The molecule has 0 spiro atoms. The molecule has 0 N–H and O–H groups in total. The SMILES string of the molecule is Cc1cc2c(cc1N1c3cc4c(cc3B3c5c(cc6c(c51)C(C)(C)c1ccccc1-6)-c1cc(N(c5ccc(C(C)(C)C)cc5)c5ccc(C(C)(C)C)cc5)ccc1N3c1ccc3c(c1)C(C)(C)CCC3(C)C)sc1cc3c(cc14)C(C)(C)CCC3(C)C)C(C)(C)CCC2(C)C. The van der Waals surface area contributed by atoms with Gasteiger partial charge < -0.3 is 14.6 Å². The van der Waals surface area contributed by atoms with Gasteiger partial charge in [0.1, 0.15) is 0 Å². The van der Waals surface area contributed by atoms with Gasteiger partial charge in [0.05, 0.1) is 0 Å². The maximum absolute atomic E-state index is 2.87. The Bertz CT molecular complexity index is 4850. The van der Waals surface area contributed by atoms with Crippen molar-refractivity contribution in [2.24, 2.45) is 0 Å². The number of nitrogens with zero attached hydrogens (tertiary/aromatic N) is 3. The number of rotatable bonds is 5. The highest BCUT2D eigenvalue weighted by atomic mass is 32.1. The van der Waals surface area contributed by atoms with E-state index in [9.17, 15) is 0 Å². The molecule has 0 amide bonds. The van der Waals surface area contributed by atoms with Gasteiger partial charge in [-0.15, -0.1) is 11.3 Å². The van der Waals surface area contributed by atoms with E-state index in [0.29, 0.717) is 0 Å². The second-order valence-electron chi connectivity index (χ2n) is 36.6. The fourth-order valence-corrected chi connectivity index (χ4v) is 19.8. The van der Waals surface area contributed by atoms with E-state index in [4.69, 9.17) is 0 Å². The number of benzene rings is 9. The first kappa shape index (κ1) is 62.5. The van der Waals surface area contributed by atoms with Crippen LogP contribution in [0.4, 0.5) is 45.5 Å². The molecular weight excluding hydrogens is 1170 g/mol. The number of hydrogen-bond donors (Lipinski definition) is 0. The van der Waals surface area contributed by atoms with Crippen molar-refractivity contribution in [2.45, 2.75) is 233 Å². The summed E-state index contributed by atoms with van der Waals surface area (Å²) >= 11 is 2.02. The first-order valence-electron chi connectivity index (χ1n) is 35.9. The van der Waals surface area contributed by atoms with Crippen molar-refractivity contribution < 1.29 is 0 Å². The van der Waals surface area contributed by atoms with Crippen LogP contribution in [0.2, 0.25) is 0 Å². The molecule has 0 unspecified atom stereocenters. The molecule has 95 heavy (non-hydrogen) atoms. The second kappa shape index (κ2) is 20.1. The third-order valence-corrected chi connectivity index (χ3v) is 26.1. The fraction of sp³-hybridized carbons (Fsp3) is 0.400. The van der Waals surface area contributed by atoms with E-state index in [1.807, 2.05) is 11.3 Å². The summed E-state index contributed by atoms with van der Waals surface area (Å²) in [5, 5.41) is 2.76. The highest BCUT2D eigenvalue weighted by Crippen LogP contribution is 2.61. The van der Waals surface area contributed by atoms with E-state index >= 15 is 0 Å². The number of thiophene rings is 1. The summed E-state index contributed by atoms with van der Waals surface area (Å²) < 4.78 is 2.76. The molecule has 0 saturated carbocycles. The Balaban J connectivity index is 1.06. The maximum Gasteiger partial charge on any atom is 0.333 e. The van der Waals surface area contributed by atoms with E-state index < -0.39 is 0 Å². The van der Waals surface area contributed by atoms with Crippen molar-refractivity contribution in [1.82, 2.24) is 0 Å². The Morgan fingerprint density at radius 3 is 1.47 bits per heavy atom. The average Bonchev–Trinajstić information content (AvgIpc) is 1.66. The van der Waals surface area contributed by atoms with Gasteiger partial charge in [-0.05, 0) is 269 Å². The van der Waals surface area contributed by atoms with E-state index in [1.54, 1.807) is 0 Å². The Morgan fingerprint density at radius 1 is 0.400 bits per heavy atom. The van der Waals surface area contributed by atoms with Crippen molar-refractivity contribution in [1.29, 1.82) is 0 Å². The minimum Gasteiger partial charge on any atom is -0.376 e. The zero-order chi connectivity index (χ0) is 67.2. The standard InChI is InChI=1S/C90H100BN3S/c1-53-44-68-71(88(16,17)42-40-85(68,10)11)50-75(53)93-76-49-63-62-48-70-72(89(18,19)43-41-87(70,14)15)51-77(62)95-78(63)52-73(76)91-80-65(47-64-60-24-22-23-25-66(60)90(20,21)79(64)81(80)93)61-45-58(35-37-74(61)94(91)59-34-36-67-69(46-59)86(12,13)39-38-84(67,8)9)92(56-30-26-54(27-31-56)82(2,3)4)57-32-28-55(29-33-57)83(5,6)7/h22-37,44-52H,38-43H2,1-21H3. The molecular formula is C90H100BN3S. The molecule has 0 saturated heterocycles. The molecule has 4 aliphatic carbocycles. The van der Waals surface area contributed by atoms with Crippen LogP contribution in [-0.4, -0.2) is 6.85 Å². The van der Waals surface area contributed by atoms with Gasteiger partial charge in [0.25, 0.3) is 0 Å². The van der Waals surface area contributed by atoms with Crippen LogP contribution in [-0.2, 0) is 48.7 Å². The van der Waals surface area contributed by atoms with Gasteiger partial charge >= 0.3 is 6.85 Å². The highest BCUT2D eigenvalue weighted by molar-refractivity contribution is 7.26. The molecule has 0 fully saturated rings. The summed E-state index contributed by atoms with van der Waals surface area (Å²) in [6, 6.07) is 62.2. The number of hydrogen-bond acceptors (Lipinski definition) is 4. The predicted molar refractivity (Wildman–Crippen MR) is 413 cm³/mol. The monoisotopic (exact) mass is 1270 g/mol. The van der Waals surface area contributed by atoms with Crippen molar-refractivity contribution in [3.8, 4) is 22.3 Å². The molecule has 5 heteroatoms. The average molecular weight is 1270 g/mol. The van der Waals surface area contributed by atoms with Gasteiger partial charge in [-0.1, -0.05) is 199 Å². The van der Waals surface area contributed by atoms with Gasteiger partial charge in [-0.2, -0.15) is 0 Å². The summed E-state index contributed by atoms with van der Waals surface area (Å²) in [5.41, 5.74) is 33.6. The lowest BCUT2D eigenvalue weighted by Gasteiger charge is -2.49. The maximum atomic E-state index is 2.87. The Kier molecular flexibility index (Phi) is 13.2. The fourth-order valence-electron chi connectivity index (χ4n) is 18.6. The number of fused-ring (bicyclic) bond motifs is 14. The molecule has 10 aromatic rings. The van der Waals surface area contributed by atoms with E-state index in [0.717, 1.165) is 29.9 Å². The molecule has 0 bridgehead atoms. The molecule has 3 nitrogen and oxygen atoms in total. The topological polar surface area (TPSA) is 9.72 Å². The van der Waals surface area contributed by atoms with Crippen LogP contribution in [0.5, 0.6) is 0 Å². The summed E-state index contributed by atoms with van der Waals surface area (Å²) in [4.78, 5) is 8.23. The van der Waals surface area contributed by atoms with Crippen LogP contribution >= 0.6 is 11.3 Å². The summed E-state index contributed by atoms with van der Waals surface area (Å²) in [6.45, 7) is 51.2. The van der Waals surface area contributed by atoms with Crippen LogP contribution < -0.4 is 25.5 Å². The van der Waals surface area contributed by atoms with Crippen molar-refractivity contribution >= 4 is 94.8 Å². The lowest BCUT2D eigenvalue weighted by atomic mass is 9.42. The van der Waals surface area contributed by atoms with Gasteiger partial charge in [0.15, 0.2) is 0 Å². The van der Waals surface area contributed by atoms with E-state index in [2.05, 4.69) is 312 Å². The summed E-state index contributed by atoms with van der Waals surface area (Å²) in [7, 11) is 0. The molecule has 16 rings (SSSR count). The van der Waals surface area contributed by atoms with Crippen molar-refractivity contribution in [3.63, 3.8) is 0 Å². The zero-order valence-electron chi connectivity index (χ0n) is 61.0. The van der Waals surface area contributed by atoms with E-state index in [1.165, 1.54) is 169 Å². The second-order valence-corrected chi connectivity index (χ2v) is 37.7. The molecule has 0 atom stereocenters. The quantitative estimate of drug-likeness (QED) is 0.159. The number of anilines is 8. The summed E-state index contributed by atoms with van der Waals surface area (Å²) in [5.74, 6) is 0. The van der Waals surface area contributed by atoms with Gasteiger partial charge in [0.2, 0.25) is 0 Å². The van der Waals surface area contributed by atoms with Gasteiger partial charge in [-0.3, -0.25) is 0 Å². The van der Waals surface area contributed by atoms with Crippen LogP contribution in [0.15, 0.2) is 152 Å². The predicted octanol–water partition coefficient (Wildman–Crippen LogP) is 24.5. The zero-order valence-corrected chi connectivity index (χ0v) is 61.8. The van der Waals surface area contributed by atoms with E-state index in [-0.39, 0.29) is 55.6 Å². The first-order chi connectivity index (χ1) is 44.5. The largest absolute Gasteiger partial charge is 0.376 e. The molecule has 1 aromatic heterocycles. The van der Waals surface area contributed by atoms with Gasteiger partial charge in [0, 0.05) is 76.6 Å². The van der Waals surface area contributed by atoms with Crippen molar-refractivity contribution in [2.75, 3.05) is 14.6 Å². The van der Waals surface area contributed by atoms with Crippen LogP contribution in [0.3, 0.4) is 0 Å². The molecule has 484 valence electrons. The lowest BCUT2D eigenvalue weighted by Crippen LogP contribution is -2.62. The van der Waals surface area contributed by atoms with Crippen molar-refractivity contribution in [3.05, 3.63) is 213 Å².